The van der Waals surface area contributed by atoms with Crippen LogP contribution in [0.5, 0.6) is 0 Å². The monoisotopic (exact) mass is 154 g/mol. The summed E-state index contributed by atoms with van der Waals surface area (Å²) in [5.74, 6) is -0.730. The summed E-state index contributed by atoms with van der Waals surface area (Å²) in [4.78, 5) is 21.7. The Morgan fingerprint density at radius 1 is 1.45 bits per heavy atom. The molecule has 0 amide bonds. The van der Waals surface area contributed by atoms with Gasteiger partial charge in [0.05, 0.1) is 5.92 Å². The maximum atomic E-state index is 11.1. The molecule has 2 fully saturated rings. The lowest BCUT2D eigenvalue weighted by molar-refractivity contribution is -0.146. The minimum atomic E-state index is -0.787. The van der Waals surface area contributed by atoms with E-state index >= 15 is 0 Å². The second kappa shape index (κ2) is 2.06. The highest BCUT2D eigenvalue weighted by atomic mass is 16.4. The van der Waals surface area contributed by atoms with Crippen molar-refractivity contribution >= 4 is 11.8 Å². The third-order valence-electron chi connectivity index (χ3n) is 2.88. The van der Waals surface area contributed by atoms with Gasteiger partial charge in [-0.05, 0) is 18.8 Å². The van der Waals surface area contributed by atoms with E-state index in [0.29, 0.717) is 12.3 Å². The van der Waals surface area contributed by atoms with Crippen LogP contribution < -0.4 is 0 Å². The van der Waals surface area contributed by atoms with Gasteiger partial charge < -0.3 is 5.11 Å². The summed E-state index contributed by atoms with van der Waals surface area (Å²) in [7, 11) is 0. The standard InChI is InChI=1S/C8H10O3/c9-7-3-4-1-5(7)6(2-4)8(10)11/h4-6H,1-3H2,(H,10,11)/t4-,5+,6+/m0/s1. The fourth-order valence-electron chi connectivity index (χ4n) is 2.37. The highest BCUT2D eigenvalue weighted by Gasteiger charge is 2.48. The highest BCUT2D eigenvalue weighted by Crippen LogP contribution is 2.46. The van der Waals surface area contributed by atoms with Crippen LogP contribution in [0.2, 0.25) is 0 Å². The number of carbonyl (C=O) groups excluding carboxylic acids is 1. The molecule has 0 radical (unpaired) electrons. The minimum Gasteiger partial charge on any atom is -0.481 e. The Kier molecular flexibility index (Phi) is 1.28. The number of hydrogen-bond donors (Lipinski definition) is 1. The fraction of sp³-hybridized carbons (Fsp3) is 0.750. The van der Waals surface area contributed by atoms with Gasteiger partial charge >= 0.3 is 5.97 Å². The first-order valence-corrected chi connectivity index (χ1v) is 3.94. The van der Waals surface area contributed by atoms with Gasteiger partial charge in [-0.1, -0.05) is 0 Å². The van der Waals surface area contributed by atoms with Crippen molar-refractivity contribution in [2.75, 3.05) is 0 Å². The van der Waals surface area contributed by atoms with Crippen LogP contribution in [0.15, 0.2) is 0 Å². The second-order valence-corrected chi connectivity index (χ2v) is 3.56. The Balaban J connectivity index is 2.18. The van der Waals surface area contributed by atoms with Gasteiger partial charge in [-0.3, -0.25) is 9.59 Å². The van der Waals surface area contributed by atoms with Crippen LogP contribution in [-0.4, -0.2) is 16.9 Å². The average Bonchev–Trinajstić information content (AvgIpc) is 2.43. The normalized spacial score (nSPS) is 41.5. The third-order valence-corrected chi connectivity index (χ3v) is 2.88. The fourth-order valence-corrected chi connectivity index (χ4v) is 2.37. The van der Waals surface area contributed by atoms with E-state index in [0.717, 1.165) is 12.8 Å². The van der Waals surface area contributed by atoms with Crippen LogP contribution in [0.25, 0.3) is 0 Å². The molecule has 3 atom stereocenters. The second-order valence-electron chi connectivity index (χ2n) is 3.56. The molecular weight excluding hydrogens is 144 g/mol. The Morgan fingerprint density at radius 3 is 2.55 bits per heavy atom. The summed E-state index contributed by atoms with van der Waals surface area (Å²) < 4.78 is 0. The van der Waals surface area contributed by atoms with Crippen LogP contribution in [-0.2, 0) is 9.59 Å². The van der Waals surface area contributed by atoms with Crippen LogP contribution in [0, 0.1) is 17.8 Å². The molecule has 2 aliphatic carbocycles. The number of Topliss-reactive ketones (excluding diaryl/α,β-unsaturated/α-hetero) is 1. The van der Waals surface area contributed by atoms with Gasteiger partial charge in [0.15, 0.2) is 0 Å². The van der Waals surface area contributed by atoms with E-state index < -0.39 is 5.97 Å². The molecule has 0 aromatic rings. The third kappa shape index (κ3) is 0.870. The molecule has 1 N–H and O–H groups in total. The van der Waals surface area contributed by atoms with Crippen molar-refractivity contribution in [3.63, 3.8) is 0 Å². The molecule has 0 saturated heterocycles. The number of carboxylic acid groups (broad SMARTS) is 1. The van der Waals surface area contributed by atoms with Crippen LogP contribution >= 0.6 is 0 Å². The first-order chi connectivity index (χ1) is 5.18. The number of carboxylic acids is 1. The van der Waals surface area contributed by atoms with E-state index in [4.69, 9.17) is 5.11 Å². The first-order valence-electron chi connectivity index (χ1n) is 3.94. The van der Waals surface area contributed by atoms with E-state index in [2.05, 4.69) is 0 Å². The number of rotatable bonds is 1. The van der Waals surface area contributed by atoms with Gasteiger partial charge in [-0.25, -0.2) is 0 Å². The quantitative estimate of drug-likeness (QED) is 0.604. The SMILES string of the molecule is O=C(O)[C@@H]1C[C@H]2CC(=O)[C@@H]1C2. The molecule has 3 nitrogen and oxygen atoms in total. The number of ketones is 1. The van der Waals surface area contributed by atoms with Crippen molar-refractivity contribution in [3.8, 4) is 0 Å². The number of aliphatic carboxylic acids is 1. The summed E-state index contributed by atoms with van der Waals surface area (Å²) in [5.41, 5.74) is 0. The molecule has 3 heteroatoms. The van der Waals surface area contributed by atoms with Gasteiger partial charge in [-0.15, -0.1) is 0 Å². The maximum Gasteiger partial charge on any atom is 0.307 e. The lowest BCUT2D eigenvalue weighted by atomic mass is 9.88. The van der Waals surface area contributed by atoms with Crippen molar-refractivity contribution < 1.29 is 14.7 Å². The maximum absolute atomic E-state index is 11.1. The molecule has 2 rings (SSSR count). The van der Waals surface area contributed by atoms with Gasteiger partial charge in [0.25, 0.3) is 0 Å². The first kappa shape index (κ1) is 6.83. The zero-order valence-electron chi connectivity index (χ0n) is 6.12. The summed E-state index contributed by atoms with van der Waals surface area (Å²) in [6.45, 7) is 0. The molecule has 0 aromatic heterocycles. The molecule has 2 aliphatic rings. The zero-order valence-corrected chi connectivity index (χ0v) is 6.12. The number of fused-ring (bicyclic) bond motifs is 2. The van der Waals surface area contributed by atoms with Crippen molar-refractivity contribution in [2.24, 2.45) is 17.8 Å². The van der Waals surface area contributed by atoms with E-state index in [9.17, 15) is 9.59 Å². The molecule has 11 heavy (non-hydrogen) atoms. The molecule has 0 spiro atoms. The zero-order chi connectivity index (χ0) is 8.01. The predicted octanol–water partition coefficient (Wildman–Crippen LogP) is 0.686. The van der Waals surface area contributed by atoms with Gasteiger partial charge in [0, 0.05) is 12.3 Å². The molecule has 0 heterocycles. The Morgan fingerprint density at radius 2 is 2.18 bits per heavy atom. The number of hydrogen-bond acceptors (Lipinski definition) is 2. The molecule has 60 valence electrons. The average molecular weight is 154 g/mol. The predicted molar refractivity (Wildman–Crippen MR) is 37.0 cm³/mol. The van der Waals surface area contributed by atoms with Gasteiger partial charge in [0.2, 0.25) is 0 Å². The highest BCUT2D eigenvalue weighted by molar-refractivity contribution is 5.89. The van der Waals surface area contributed by atoms with Crippen molar-refractivity contribution in [1.29, 1.82) is 0 Å². The molecule has 2 saturated carbocycles. The van der Waals surface area contributed by atoms with Crippen molar-refractivity contribution in [2.45, 2.75) is 19.3 Å². The van der Waals surface area contributed by atoms with Crippen molar-refractivity contribution in [3.05, 3.63) is 0 Å². The van der Waals surface area contributed by atoms with Crippen LogP contribution in [0.1, 0.15) is 19.3 Å². The van der Waals surface area contributed by atoms with E-state index in [1.54, 1.807) is 0 Å². The summed E-state index contributed by atoms with van der Waals surface area (Å²) in [6.07, 6.45) is 2.19. The molecule has 0 aromatic carbocycles. The smallest absolute Gasteiger partial charge is 0.307 e. The van der Waals surface area contributed by atoms with E-state index in [1.807, 2.05) is 0 Å². The van der Waals surface area contributed by atoms with Crippen LogP contribution in [0.3, 0.4) is 0 Å². The largest absolute Gasteiger partial charge is 0.481 e. The summed E-state index contributed by atoms with van der Waals surface area (Å²) in [6, 6.07) is 0. The summed E-state index contributed by atoms with van der Waals surface area (Å²) >= 11 is 0. The topological polar surface area (TPSA) is 54.4 Å². The lowest BCUT2D eigenvalue weighted by Crippen LogP contribution is -2.26. The molecular formula is C8H10O3. The minimum absolute atomic E-state index is 0.141. The Bertz CT molecular complexity index is 221. The molecule has 0 aliphatic heterocycles. The molecule has 2 bridgehead atoms. The van der Waals surface area contributed by atoms with Gasteiger partial charge in [0.1, 0.15) is 5.78 Å². The van der Waals surface area contributed by atoms with Crippen molar-refractivity contribution in [1.82, 2.24) is 0 Å². The van der Waals surface area contributed by atoms with E-state index in [1.165, 1.54) is 0 Å². The van der Waals surface area contributed by atoms with E-state index in [-0.39, 0.29) is 17.6 Å². The summed E-state index contributed by atoms with van der Waals surface area (Å²) in [5, 5.41) is 8.70. The molecule has 0 unspecified atom stereocenters. The van der Waals surface area contributed by atoms with Gasteiger partial charge in [-0.2, -0.15) is 0 Å². The lowest BCUT2D eigenvalue weighted by Gasteiger charge is -2.15. The van der Waals surface area contributed by atoms with Crippen LogP contribution in [0.4, 0.5) is 0 Å². The Hall–Kier alpha value is -0.860. The number of carbonyl (C=O) groups is 2. The Labute approximate surface area is 64.4 Å².